The molecule has 2 aromatic carbocycles. The number of halogens is 1. The summed E-state index contributed by atoms with van der Waals surface area (Å²) in [4.78, 5) is 13.2. The average Bonchev–Trinajstić information content (AvgIpc) is 2.64. The number of hydrogen-bond acceptors (Lipinski definition) is 3. The molecule has 0 aliphatic rings. The molecule has 2 atom stereocenters. The Bertz CT molecular complexity index is 917. The first-order valence-corrected chi connectivity index (χ1v) is 12.0. The fourth-order valence-electron chi connectivity index (χ4n) is 3.38. The molecule has 29 heavy (non-hydrogen) atoms. The molecule has 0 aliphatic heterocycles. The van der Waals surface area contributed by atoms with Crippen LogP contribution in [0.2, 0.25) is 5.02 Å². The van der Waals surface area contributed by atoms with E-state index in [1.807, 2.05) is 30.3 Å². The molecule has 2 unspecified atom stereocenters. The zero-order valence-electron chi connectivity index (χ0n) is 17.3. The van der Waals surface area contributed by atoms with Crippen molar-refractivity contribution in [2.75, 3.05) is 10.6 Å². The molecule has 5 nitrogen and oxygen atoms in total. The van der Waals surface area contributed by atoms with Crippen LogP contribution in [0.3, 0.4) is 0 Å². The second-order valence-electron chi connectivity index (χ2n) is 7.56. The van der Waals surface area contributed by atoms with Crippen molar-refractivity contribution in [1.82, 2.24) is 5.32 Å². The molecule has 0 heterocycles. The van der Waals surface area contributed by atoms with Crippen molar-refractivity contribution < 1.29 is 13.2 Å². The van der Waals surface area contributed by atoms with Gasteiger partial charge in [0.05, 0.1) is 18.0 Å². The monoisotopic (exact) mass is 436 g/mol. The Morgan fingerprint density at radius 3 is 2.28 bits per heavy atom. The molecule has 0 aliphatic carbocycles. The number of nitrogens with zero attached hydrogens (tertiary/aromatic N) is 1. The Morgan fingerprint density at radius 1 is 1.10 bits per heavy atom. The van der Waals surface area contributed by atoms with Gasteiger partial charge in [-0.25, -0.2) is 8.42 Å². The molecule has 0 saturated carbocycles. The summed E-state index contributed by atoms with van der Waals surface area (Å²) in [6.45, 7) is 5.98. The van der Waals surface area contributed by atoms with Gasteiger partial charge < -0.3 is 5.32 Å². The van der Waals surface area contributed by atoms with E-state index in [9.17, 15) is 13.2 Å². The molecule has 2 aromatic rings. The normalized spacial score (nSPS) is 13.7. The van der Waals surface area contributed by atoms with Crippen LogP contribution in [0.4, 0.5) is 5.69 Å². The van der Waals surface area contributed by atoms with Crippen molar-refractivity contribution in [3.63, 3.8) is 0 Å². The van der Waals surface area contributed by atoms with Crippen LogP contribution in [0.25, 0.3) is 0 Å². The van der Waals surface area contributed by atoms with Gasteiger partial charge in [-0.3, -0.25) is 9.10 Å². The number of sulfonamides is 1. The van der Waals surface area contributed by atoms with Gasteiger partial charge in [0.1, 0.15) is 6.04 Å². The minimum atomic E-state index is -3.70. The first-order chi connectivity index (χ1) is 13.6. The Balaban J connectivity index is 2.37. The fraction of sp³-hybridized carbons (Fsp3) is 0.409. The first kappa shape index (κ1) is 23.2. The van der Waals surface area contributed by atoms with E-state index in [1.165, 1.54) is 0 Å². The molecule has 2 rings (SSSR count). The van der Waals surface area contributed by atoms with Crippen LogP contribution in [-0.4, -0.2) is 26.6 Å². The summed E-state index contributed by atoms with van der Waals surface area (Å²) in [5.41, 5.74) is 1.38. The van der Waals surface area contributed by atoms with Crippen LogP contribution in [0.5, 0.6) is 0 Å². The van der Waals surface area contributed by atoms with Gasteiger partial charge in [-0.05, 0) is 42.5 Å². The van der Waals surface area contributed by atoms with Gasteiger partial charge in [0.2, 0.25) is 15.9 Å². The van der Waals surface area contributed by atoms with Gasteiger partial charge in [-0.15, -0.1) is 0 Å². The first-order valence-electron chi connectivity index (χ1n) is 9.73. The number of amides is 1. The maximum absolute atomic E-state index is 13.2. The SMILES string of the molecule is CCC(C(=O)NC(CC(C)C)c1ccccc1)N(c1cccc(Cl)c1)S(C)(=O)=O. The van der Waals surface area contributed by atoms with Crippen molar-refractivity contribution in [2.24, 2.45) is 5.92 Å². The number of anilines is 1. The molecule has 0 fully saturated rings. The molecule has 0 saturated heterocycles. The summed E-state index contributed by atoms with van der Waals surface area (Å²) < 4.78 is 26.3. The maximum atomic E-state index is 13.2. The lowest BCUT2D eigenvalue weighted by Crippen LogP contribution is -2.50. The third-order valence-corrected chi connectivity index (χ3v) is 6.03. The summed E-state index contributed by atoms with van der Waals surface area (Å²) in [7, 11) is -3.70. The predicted octanol–water partition coefficient (Wildman–Crippen LogP) is 4.79. The summed E-state index contributed by atoms with van der Waals surface area (Å²) in [5, 5.41) is 3.49. The lowest BCUT2D eigenvalue weighted by molar-refractivity contribution is -0.123. The number of benzene rings is 2. The van der Waals surface area contributed by atoms with Gasteiger partial charge in [-0.1, -0.05) is 68.8 Å². The van der Waals surface area contributed by atoms with Crippen LogP contribution >= 0.6 is 11.6 Å². The molecular weight excluding hydrogens is 408 g/mol. The molecule has 7 heteroatoms. The van der Waals surface area contributed by atoms with Crippen LogP contribution in [0.1, 0.15) is 45.2 Å². The smallest absolute Gasteiger partial charge is 0.244 e. The highest BCUT2D eigenvalue weighted by Gasteiger charge is 2.33. The molecule has 0 spiro atoms. The molecule has 0 radical (unpaired) electrons. The molecule has 1 N–H and O–H groups in total. The van der Waals surface area contributed by atoms with Crippen LogP contribution in [-0.2, 0) is 14.8 Å². The average molecular weight is 437 g/mol. The second kappa shape index (κ2) is 10.1. The summed E-state index contributed by atoms with van der Waals surface area (Å²) in [5.74, 6) is 0.0342. The standard InChI is InChI=1S/C22H29ClN2O3S/c1-5-21(25(29(4,27)28)19-13-9-12-18(23)15-19)22(26)24-20(14-16(2)3)17-10-7-6-8-11-17/h6-13,15-16,20-21H,5,14H2,1-4H3,(H,24,26). The summed E-state index contributed by atoms with van der Waals surface area (Å²) in [6.07, 6.45) is 2.18. The topological polar surface area (TPSA) is 66.5 Å². The Hall–Kier alpha value is -2.05. The third-order valence-electron chi connectivity index (χ3n) is 4.62. The van der Waals surface area contributed by atoms with E-state index < -0.39 is 16.1 Å². The Labute approximate surface area is 179 Å². The molecule has 1 amide bonds. The van der Waals surface area contributed by atoms with Gasteiger partial charge in [0, 0.05) is 5.02 Å². The quantitative estimate of drug-likeness (QED) is 0.614. The number of carbonyl (C=O) groups is 1. The van der Waals surface area contributed by atoms with Crippen molar-refractivity contribution in [2.45, 2.75) is 45.7 Å². The number of hydrogen-bond donors (Lipinski definition) is 1. The highest BCUT2D eigenvalue weighted by molar-refractivity contribution is 7.92. The molecule has 158 valence electrons. The minimum absolute atomic E-state index is 0.196. The molecule has 0 aromatic heterocycles. The van der Waals surface area contributed by atoms with Crippen LogP contribution < -0.4 is 9.62 Å². The zero-order valence-corrected chi connectivity index (χ0v) is 18.9. The minimum Gasteiger partial charge on any atom is -0.347 e. The highest BCUT2D eigenvalue weighted by Crippen LogP contribution is 2.27. The van der Waals surface area contributed by atoms with E-state index in [0.29, 0.717) is 23.0 Å². The zero-order chi connectivity index (χ0) is 21.6. The third kappa shape index (κ3) is 6.47. The van der Waals surface area contributed by atoms with Crippen LogP contribution in [0.15, 0.2) is 54.6 Å². The number of rotatable bonds is 9. The van der Waals surface area contributed by atoms with E-state index in [0.717, 1.165) is 22.5 Å². The lowest BCUT2D eigenvalue weighted by atomic mass is 9.96. The van der Waals surface area contributed by atoms with Crippen molar-refractivity contribution in [3.8, 4) is 0 Å². The van der Waals surface area contributed by atoms with Gasteiger partial charge in [-0.2, -0.15) is 0 Å². The largest absolute Gasteiger partial charge is 0.347 e. The van der Waals surface area contributed by atoms with E-state index in [2.05, 4.69) is 19.2 Å². The maximum Gasteiger partial charge on any atom is 0.244 e. The van der Waals surface area contributed by atoms with Crippen molar-refractivity contribution in [1.29, 1.82) is 0 Å². The fourth-order valence-corrected chi connectivity index (χ4v) is 4.76. The second-order valence-corrected chi connectivity index (χ2v) is 9.86. The van der Waals surface area contributed by atoms with E-state index in [-0.39, 0.29) is 11.9 Å². The summed E-state index contributed by atoms with van der Waals surface area (Å²) >= 11 is 6.07. The summed E-state index contributed by atoms with van der Waals surface area (Å²) in [6, 6.07) is 15.2. The molecular formula is C22H29ClN2O3S. The number of nitrogens with one attached hydrogen (secondary N) is 1. The van der Waals surface area contributed by atoms with Crippen molar-refractivity contribution in [3.05, 3.63) is 65.2 Å². The van der Waals surface area contributed by atoms with E-state index >= 15 is 0 Å². The van der Waals surface area contributed by atoms with Gasteiger partial charge >= 0.3 is 0 Å². The van der Waals surface area contributed by atoms with E-state index in [4.69, 9.17) is 11.6 Å². The Morgan fingerprint density at radius 2 is 1.76 bits per heavy atom. The number of carbonyl (C=O) groups excluding carboxylic acids is 1. The van der Waals surface area contributed by atoms with Crippen LogP contribution in [0, 0.1) is 5.92 Å². The van der Waals surface area contributed by atoms with Gasteiger partial charge in [0.25, 0.3) is 0 Å². The Kier molecular flexibility index (Phi) is 8.11. The van der Waals surface area contributed by atoms with Crippen molar-refractivity contribution >= 4 is 33.2 Å². The van der Waals surface area contributed by atoms with Gasteiger partial charge in [0.15, 0.2) is 0 Å². The molecule has 0 bridgehead atoms. The van der Waals surface area contributed by atoms with E-state index in [1.54, 1.807) is 31.2 Å². The lowest BCUT2D eigenvalue weighted by Gasteiger charge is -2.32. The highest BCUT2D eigenvalue weighted by atomic mass is 35.5. The predicted molar refractivity (Wildman–Crippen MR) is 120 cm³/mol.